The van der Waals surface area contributed by atoms with Crippen molar-refractivity contribution in [2.24, 2.45) is 11.8 Å². The van der Waals surface area contributed by atoms with E-state index in [-0.39, 0.29) is 17.9 Å². The second kappa shape index (κ2) is 8.13. The largest absolute Gasteiger partial charge is 0.377 e. The monoisotopic (exact) mass is 330 g/mol. The molecule has 0 aliphatic carbocycles. The van der Waals surface area contributed by atoms with Crippen molar-refractivity contribution in [3.63, 3.8) is 0 Å². The molecule has 24 heavy (non-hydrogen) atoms. The number of nitrogens with one attached hydrogen (secondary N) is 1. The Morgan fingerprint density at radius 3 is 2.79 bits per heavy atom. The van der Waals surface area contributed by atoms with Crippen LogP contribution < -0.4 is 5.32 Å². The molecule has 2 saturated heterocycles. The molecule has 0 unspecified atom stereocenters. The van der Waals surface area contributed by atoms with Crippen LogP contribution in [0.25, 0.3) is 0 Å². The number of ether oxygens (including phenoxy) is 1. The minimum Gasteiger partial charge on any atom is -0.377 e. The van der Waals surface area contributed by atoms with Gasteiger partial charge >= 0.3 is 0 Å². The highest BCUT2D eigenvalue weighted by Crippen LogP contribution is 2.27. The SMILES string of the molecule is CC(C)[C@@H]1OCC[C@H]1C(=O)NCc1cccc(CN2CCCC2)c1. The molecule has 1 N–H and O–H groups in total. The van der Waals surface area contributed by atoms with E-state index in [9.17, 15) is 4.79 Å². The number of rotatable bonds is 6. The molecule has 0 radical (unpaired) electrons. The molecule has 132 valence electrons. The molecule has 1 amide bonds. The quantitative estimate of drug-likeness (QED) is 0.872. The van der Waals surface area contributed by atoms with Crippen molar-refractivity contribution in [2.45, 2.75) is 52.3 Å². The van der Waals surface area contributed by atoms with Crippen LogP contribution in [-0.4, -0.2) is 36.6 Å². The molecule has 2 fully saturated rings. The number of carbonyl (C=O) groups excluding carboxylic acids is 1. The smallest absolute Gasteiger partial charge is 0.226 e. The summed E-state index contributed by atoms with van der Waals surface area (Å²) >= 11 is 0. The molecule has 2 heterocycles. The summed E-state index contributed by atoms with van der Waals surface area (Å²) in [6, 6.07) is 8.61. The molecular formula is C20H30N2O2. The third-order valence-electron chi connectivity index (χ3n) is 5.19. The average Bonchev–Trinajstić information content (AvgIpc) is 3.24. The Balaban J connectivity index is 1.53. The highest BCUT2D eigenvalue weighted by Gasteiger charge is 2.35. The van der Waals surface area contributed by atoms with Crippen molar-refractivity contribution in [3.8, 4) is 0 Å². The summed E-state index contributed by atoms with van der Waals surface area (Å²) in [5, 5.41) is 3.11. The van der Waals surface area contributed by atoms with Crippen LogP contribution in [0.15, 0.2) is 24.3 Å². The Kier molecular flexibility index (Phi) is 5.90. The van der Waals surface area contributed by atoms with Crippen molar-refractivity contribution >= 4 is 5.91 Å². The highest BCUT2D eigenvalue weighted by molar-refractivity contribution is 5.79. The van der Waals surface area contributed by atoms with Gasteiger partial charge in [-0.25, -0.2) is 0 Å². The normalized spacial score (nSPS) is 24.6. The standard InChI is InChI=1S/C20H30N2O2/c1-15(2)19-18(8-11-24-19)20(23)21-13-16-6-5-7-17(12-16)14-22-9-3-4-10-22/h5-7,12,15,18-19H,3-4,8-11,13-14H2,1-2H3,(H,21,23)/t18-,19+/m1/s1. The predicted molar refractivity (Wildman–Crippen MR) is 95.5 cm³/mol. The summed E-state index contributed by atoms with van der Waals surface area (Å²) in [5.41, 5.74) is 2.52. The molecule has 4 heteroatoms. The van der Waals surface area contributed by atoms with Crippen LogP contribution in [0.3, 0.4) is 0 Å². The molecule has 0 spiro atoms. The van der Waals surface area contributed by atoms with Gasteiger partial charge in [0.2, 0.25) is 5.91 Å². The van der Waals surface area contributed by atoms with Gasteiger partial charge in [-0.3, -0.25) is 9.69 Å². The minimum absolute atomic E-state index is 0.00205. The van der Waals surface area contributed by atoms with E-state index in [4.69, 9.17) is 4.74 Å². The van der Waals surface area contributed by atoms with Crippen molar-refractivity contribution < 1.29 is 9.53 Å². The van der Waals surface area contributed by atoms with Crippen LogP contribution in [0.4, 0.5) is 0 Å². The number of carbonyl (C=O) groups is 1. The van der Waals surface area contributed by atoms with Gasteiger partial charge in [0.15, 0.2) is 0 Å². The number of likely N-dealkylation sites (tertiary alicyclic amines) is 1. The number of hydrogen-bond acceptors (Lipinski definition) is 3. The number of amides is 1. The van der Waals surface area contributed by atoms with E-state index in [1.54, 1.807) is 0 Å². The van der Waals surface area contributed by atoms with Gasteiger partial charge in [0.25, 0.3) is 0 Å². The molecule has 4 nitrogen and oxygen atoms in total. The average molecular weight is 330 g/mol. The molecule has 2 aliphatic rings. The van der Waals surface area contributed by atoms with Gasteiger partial charge in [-0.15, -0.1) is 0 Å². The maximum absolute atomic E-state index is 12.5. The predicted octanol–water partition coefficient (Wildman–Crippen LogP) is 2.96. The molecular weight excluding hydrogens is 300 g/mol. The van der Waals surface area contributed by atoms with E-state index in [0.717, 1.165) is 13.0 Å². The Hall–Kier alpha value is -1.39. The van der Waals surface area contributed by atoms with Crippen LogP contribution >= 0.6 is 0 Å². The zero-order valence-corrected chi connectivity index (χ0v) is 15.0. The van der Waals surface area contributed by atoms with Gasteiger partial charge in [-0.2, -0.15) is 0 Å². The van der Waals surface area contributed by atoms with E-state index in [1.165, 1.54) is 37.1 Å². The van der Waals surface area contributed by atoms with Gasteiger partial charge in [0, 0.05) is 19.7 Å². The lowest BCUT2D eigenvalue weighted by Gasteiger charge is -2.21. The van der Waals surface area contributed by atoms with Gasteiger partial charge in [0.05, 0.1) is 12.0 Å². The zero-order valence-electron chi connectivity index (χ0n) is 15.0. The first-order chi connectivity index (χ1) is 11.6. The Labute approximate surface area is 145 Å². The first-order valence-corrected chi connectivity index (χ1v) is 9.33. The molecule has 1 aromatic rings. The maximum atomic E-state index is 12.5. The minimum atomic E-state index is -0.00205. The Bertz CT molecular complexity index is 552. The molecule has 2 aliphatic heterocycles. The van der Waals surface area contributed by atoms with E-state index in [1.807, 2.05) is 0 Å². The second-order valence-corrected chi connectivity index (χ2v) is 7.50. The maximum Gasteiger partial charge on any atom is 0.226 e. The lowest BCUT2D eigenvalue weighted by Crippen LogP contribution is -2.37. The summed E-state index contributed by atoms with van der Waals surface area (Å²) in [5.74, 6) is 0.515. The van der Waals surface area contributed by atoms with Crippen molar-refractivity contribution in [2.75, 3.05) is 19.7 Å². The topological polar surface area (TPSA) is 41.6 Å². The van der Waals surface area contributed by atoms with Crippen LogP contribution in [0, 0.1) is 11.8 Å². The molecule has 0 aromatic heterocycles. The lowest BCUT2D eigenvalue weighted by molar-refractivity contribution is -0.127. The Morgan fingerprint density at radius 1 is 1.29 bits per heavy atom. The lowest BCUT2D eigenvalue weighted by atomic mass is 9.92. The van der Waals surface area contributed by atoms with Crippen LogP contribution in [0.5, 0.6) is 0 Å². The molecule has 2 atom stereocenters. The van der Waals surface area contributed by atoms with Gasteiger partial charge in [0.1, 0.15) is 0 Å². The second-order valence-electron chi connectivity index (χ2n) is 7.50. The molecule has 0 bridgehead atoms. The Morgan fingerprint density at radius 2 is 2.04 bits per heavy atom. The number of benzene rings is 1. The van der Waals surface area contributed by atoms with Crippen molar-refractivity contribution in [3.05, 3.63) is 35.4 Å². The number of nitrogens with zero attached hydrogens (tertiary/aromatic N) is 1. The third-order valence-corrected chi connectivity index (χ3v) is 5.19. The van der Waals surface area contributed by atoms with E-state index < -0.39 is 0 Å². The fourth-order valence-electron chi connectivity index (χ4n) is 3.91. The van der Waals surface area contributed by atoms with Crippen LogP contribution in [0.2, 0.25) is 0 Å². The first kappa shape index (κ1) is 17.4. The summed E-state index contributed by atoms with van der Waals surface area (Å²) in [6.45, 7) is 8.99. The third kappa shape index (κ3) is 4.37. The van der Waals surface area contributed by atoms with Crippen molar-refractivity contribution in [1.82, 2.24) is 10.2 Å². The summed E-state index contributed by atoms with van der Waals surface area (Å²) in [7, 11) is 0. The van der Waals surface area contributed by atoms with E-state index in [0.29, 0.717) is 19.1 Å². The van der Waals surface area contributed by atoms with E-state index >= 15 is 0 Å². The zero-order chi connectivity index (χ0) is 16.9. The molecule has 3 rings (SSSR count). The fraction of sp³-hybridized carbons (Fsp3) is 0.650. The van der Waals surface area contributed by atoms with Gasteiger partial charge < -0.3 is 10.1 Å². The first-order valence-electron chi connectivity index (χ1n) is 9.33. The summed E-state index contributed by atoms with van der Waals surface area (Å²) < 4.78 is 5.73. The molecule has 1 aromatic carbocycles. The van der Waals surface area contributed by atoms with Crippen molar-refractivity contribution in [1.29, 1.82) is 0 Å². The van der Waals surface area contributed by atoms with Crippen LogP contribution in [0.1, 0.15) is 44.2 Å². The molecule has 0 saturated carbocycles. The summed E-state index contributed by atoms with van der Waals surface area (Å²) in [6.07, 6.45) is 3.53. The van der Waals surface area contributed by atoms with E-state index in [2.05, 4.69) is 48.3 Å². The van der Waals surface area contributed by atoms with Crippen LogP contribution in [-0.2, 0) is 22.6 Å². The number of hydrogen-bond donors (Lipinski definition) is 1. The fourth-order valence-corrected chi connectivity index (χ4v) is 3.91. The summed E-state index contributed by atoms with van der Waals surface area (Å²) in [4.78, 5) is 15.0. The highest BCUT2D eigenvalue weighted by atomic mass is 16.5. The van der Waals surface area contributed by atoms with Gasteiger partial charge in [-0.1, -0.05) is 38.1 Å². The van der Waals surface area contributed by atoms with Gasteiger partial charge in [-0.05, 0) is 49.4 Å².